The lowest BCUT2D eigenvalue weighted by atomic mass is 9.79. The molecule has 0 amide bonds. The van der Waals surface area contributed by atoms with E-state index in [-0.39, 0.29) is 11.5 Å². The van der Waals surface area contributed by atoms with Crippen LogP contribution in [0.5, 0.6) is 5.75 Å². The van der Waals surface area contributed by atoms with E-state index in [4.69, 9.17) is 14.6 Å². The van der Waals surface area contributed by atoms with E-state index >= 15 is 0 Å². The number of halogens is 3. The maximum Gasteiger partial charge on any atom is 0.490 e. The van der Waals surface area contributed by atoms with Crippen LogP contribution in [0.1, 0.15) is 67.0 Å². The lowest BCUT2D eigenvalue weighted by Crippen LogP contribution is -2.40. The summed E-state index contributed by atoms with van der Waals surface area (Å²) in [6.07, 6.45) is -1.44. The molecule has 0 aliphatic carbocycles. The number of carboxylic acids is 2. The van der Waals surface area contributed by atoms with Crippen LogP contribution < -0.4 is 4.74 Å². The van der Waals surface area contributed by atoms with Crippen LogP contribution in [0, 0.1) is 19.8 Å². The van der Waals surface area contributed by atoms with Crippen LogP contribution in [0.4, 0.5) is 13.2 Å². The van der Waals surface area contributed by atoms with Gasteiger partial charge in [0, 0.05) is 50.1 Å². The first kappa shape index (κ1) is 34.4. The number of carboxylic acid groups (broad SMARTS) is 2. The number of carbonyl (C=O) groups is 2. The Kier molecular flexibility index (Phi) is 10.0. The van der Waals surface area contributed by atoms with Crippen molar-refractivity contribution in [3.63, 3.8) is 0 Å². The summed E-state index contributed by atoms with van der Waals surface area (Å²) in [5, 5.41) is 26.0. The average Bonchev–Trinajstić information content (AvgIpc) is 3.34. The highest BCUT2D eigenvalue weighted by molar-refractivity contribution is 5.81. The maximum absolute atomic E-state index is 12.3. The van der Waals surface area contributed by atoms with Gasteiger partial charge >= 0.3 is 18.1 Å². The lowest BCUT2D eigenvalue weighted by molar-refractivity contribution is -0.192. The van der Waals surface area contributed by atoms with E-state index in [1.165, 1.54) is 11.1 Å². The van der Waals surface area contributed by atoms with Crippen molar-refractivity contribution in [1.82, 2.24) is 24.9 Å². The number of ether oxygens (including phenoxy) is 1. The van der Waals surface area contributed by atoms with E-state index in [1.807, 2.05) is 36.9 Å². The van der Waals surface area contributed by atoms with Gasteiger partial charge in [-0.2, -0.15) is 13.2 Å². The molecule has 1 aliphatic rings. The summed E-state index contributed by atoms with van der Waals surface area (Å²) >= 11 is 0. The van der Waals surface area contributed by atoms with Gasteiger partial charge in [-0.05, 0) is 74.6 Å². The van der Waals surface area contributed by atoms with Crippen molar-refractivity contribution < 1.29 is 37.7 Å². The number of benzene rings is 2. The molecule has 10 nitrogen and oxygen atoms in total. The summed E-state index contributed by atoms with van der Waals surface area (Å²) in [4.78, 5) is 27.9. The zero-order valence-corrected chi connectivity index (χ0v) is 26.6. The van der Waals surface area contributed by atoms with Crippen LogP contribution in [0.2, 0.25) is 0 Å². The second-order valence-corrected chi connectivity index (χ2v) is 12.1. The highest BCUT2D eigenvalue weighted by atomic mass is 19.4. The van der Waals surface area contributed by atoms with Gasteiger partial charge in [0.1, 0.15) is 16.9 Å². The quantitative estimate of drug-likeness (QED) is 0.245. The number of hydrogen-bond donors (Lipinski definition) is 2. The molecule has 13 heteroatoms. The number of fused-ring (bicyclic) bond motifs is 2. The number of pyridine rings is 1. The van der Waals surface area contributed by atoms with E-state index in [0.717, 1.165) is 65.2 Å². The minimum atomic E-state index is -5.08. The summed E-state index contributed by atoms with van der Waals surface area (Å²) in [6, 6.07) is 12.4. The number of aliphatic carboxylic acids is 2. The molecule has 4 aromatic rings. The first-order valence-corrected chi connectivity index (χ1v) is 14.8. The fourth-order valence-corrected chi connectivity index (χ4v) is 5.84. The Morgan fingerprint density at radius 2 is 1.80 bits per heavy atom. The van der Waals surface area contributed by atoms with Crippen LogP contribution in [0.25, 0.3) is 11.0 Å². The Hall–Kier alpha value is -4.52. The fraction of sp³-hybridized carbons (Fsp3) is 0.424. The monoisotopic (exact) mass is 641 g/mol. The number of aromatic nitrogens is 4. The summed E-state index contributed by atoms with van der Waals surface area (Å²) in [5.41, 5.74) is 7.78. The Morgan fingerprint density at radius 1 is 1.11 bits per heavy atom. The summed E-state index contributed by atoms with van der Waals surface area (Å²) < 4.78 is 39.9. The zero-order chi connectivity index (χ0) is 34.0. The lowest BCUT2D eigenvalue weighted by Gasteiger charge is -2.30. The molecule has 2 aromatic heterocycles. The van der Waals surface area contributed by atoms with Crippen molar-refractivity contribution in [2.75, 3.05) is 6.54 Å². The predicted molar refractivity (Wildman–Crippen MR) is 165 cm³/mol. The van der Waals surface area contributed by atoms with Crippen LogP contribution in [-0.4, -0.2) is 65.4 Å². The van der Waals surface area contributed by atoms with Crippen molar-refractivity contribution in [3.05, 3.63) is 82.2 Å². The molecule has 0 unspecified atom stereocenters. The summed E-state index contributed by atoms with van der Waals surface area (Å²) in [6.45, 7) is 15.1. The topological polar surface area (TPSA) is 131 Å². The Bertz CT molecular complexity index is 1740. The molecule has 0 saturated carbocycles. The first-order valence-electron chi connectivity index (χ1n) is 14.8. The van der Waals surface area contributed by atoms with Crippen LogP contribution >= 0.6 is 0 Å². The third kappa shape index (κ3) is 7.64. The normalized spacial score (nSPS) is 15.9. The second kappa shape index (κ2) is 13.5. The van der Waals surface area contributed by atoms with Crippen LogP contribution in [0.3, 0.4) is 0 Å². The van der Waals surface area contributed by atoms with E-state index in [9.17, 15) is 23.1 Å². The predicted octanol–water partition coefficient (Wildman–Crippen LogP) is 6.12. The first-order chi connectivity index (χ1) is 21.5. The highest BCUT2D eigenvalue weighted by Gasteiger charge is 2.38. The molecule has 46 heavy (non-hydrogen) atoms. The van der Waals surface area contributed by atoms with E-state index in [1.54, 1.807) is 13.1 Å². The number of aryl methyl sites for hydroxylation is 3. The molecule has 0 bridgehead atoms. The van der Waals surface area contributed by atoms with Gasteiger partial charge in [0.05, 0.1) is 11.4 Å². The SMILES string of the molecule is CCn1nnc2c(C)c([C@H](c3ccc(C)c(CN4Cc5cnccc5OC(C)(C)C4)c3)[C@@H](C)C(=O)O)ccc21.O=C(O)C(F)(F)F. The molecular weight excluding hydrogens is 603 g/mol. The molecule has 5 rings (SSSR count). The molecule has 0 fully saturated rings. The van der Waals surface area contributed by atoms with Crippen molar-refractivity contribution >= 4 is 23.0 Å². The molecule has 0 spiro atoms. The largest absolute Gasteiger partial charge is 0.490 e. The van der Waals surface area contributed by atoms with Crippen molar-refractivity contribution in [2.24, 2.45) is 5.92 Å². The minimum absolute atomic E-state index is 0.327. The molecule has 2 aromatic carbocycles. The maximum atomic E-state index is 12.3. The Labute approximate surface area is 264 Å². The fourth-order valence-electron chi connectivity index (χ4n) is 5.84. The third-order valence-corrected chi connectivity index (χ3v) is 8.12. The molecule has 0 saturated heterocycles. The zero-order valence-electron chi connectivity index (χ0n) is 26.6. The molecular formula is C33H38F3N5O5. The van der Waals surface area contributed by atoms with Gasteiger partial charge in [-0.1, -0.05) is 36.4 Å². The molecule has 1 aliphatic heterocycles. The number of alkyl halides is 3. The van der Waals surface area contributed by atoms with E-state index < -0.39 is 24.0 Å². The van der Waals surface area contributed by atoms with Crippen molar-refractivity contribution in [1.29, 1.82) is 0 Å². The number of nitrogens with zero attached hydrogens (tertiary/aromatic N) is 5. The molecule has 246 valence electrons. The molecule has 3 heterocycles. The van der Waals surface area contributed by atoms with Gasteiger partial charge in [-0.25, -0.2) is 9.48 Å². The summed E-state index contributed by atoms with van der Waals surface area (Å²) in [5.74, 6) is -3.65. The minimum Gasteiger partial charge on any atom is -0.486 e. The van der Waals surface area contributed by atoms with Gasteiger partial charge in [-0.15, -0.1) is 5.10 Å². The third-order valence-electron chi connectivity index (χ3n) is 8.12. The van der Waals surface area contributed by atoms with Gasteiger partial charge < -0.3 is 14.9 Å². The smallest absolute Gasteiger partial charge is 0.486 e. The summed E-state index contributed by atoms with van der Waals surface area (Å²) in [7, 11) is 0. The average molecular weight is 642 g/mol. The number of rotatable bonds is 7. The van der Waals surface area contributed by atoms with Crippen molar-refractivity contribution in [3.8, 4) is 5.75 Å². The van der Waals surface area contributed by atoms with Gasteiger partial charge in [0.25, 0.3) is 0 Å². The van der Waals surface area contributed by atoms with Crippen LogP contribution in [0.15, 0.2) is 48.8 Å². The van der Waals surface area contributed by atoms with Crippen LogP contribution in [-0.2, 0) is 29.2 Å². The number of hydrogen-bond acceptors (Lipinski definition) is 7. The highest BCUT2D eigenvalue weighted by Crippen LogP contribution is 2.38. The van der Waals surface area contributed by atoms with Gasteiger partial charge in [0.15, 0.2) is 0 Å². The van der Waals surface area contributed by atoms with Crippen molar-refractivity contribution in [2.45, 2.75) is 78.9 Å². The van der Waals surface area contributed by atoms with E-state index in [2.05, 4.69) is 65.2 Å². The molecule has 0 radical (unpaired) electrons. The van der Waals surface area contributed by atoms with Gasteiger partial charge in [-0.3, -0.25) is 14.7 Å². The Morgan fingerprint density at radius 3 is 2.43 bits per heavy atom. The van der Waals surface area contributed by atoms with Gasteiger partial charge in [0.2, 0.25) is 0 Å². The molecule has 2 atom stereocenters. The Balaban J connectivity index is 0.000000617. The van der Waals surface area contributed by atoms with E-state index in [0.29, 0.717) is 0 Å². The molecule has 2 N–H and O–H groups in total. The second-order valence-electron chi connectivity index (χ2n) is 12.1. The standard InChI is InChI=1S/C31H37N5O3.C2HF3O2/c1-7-36-26-11-10-25(20(3)29(26)33-34-36)28(21(4)30(37)38)22-9-8-19(2)23(14-22)16-35-17-24-15-32-13-12-27(24)39-31(5,6)18-35;3-2(4,5)1(6)7/h8-15,21,28H,7,16-18H2,1-6H3,(H,37,38);(H,6,7)/t21-,28+;/m1./s1.